The predicted octanol–water partition coefficient (Wildman–Crippen LogP) is 4.47. The van der Waals surface area contributed by atoms with Gasteiger partial charge >= 0.3 is 0 Å². The van der Waals surface area contributed by atoms with Crippen molar-refractivity contribution in [2.45, 2.75) is 70.4 Å². The van der Waals surface area contributed by atoms with Gasteiger partial charge in [0, 0.05) is 97.1 Å². The standard InChI is InChI=1S/C42H41F4N7O4/c1-22-8-29-27-4-2-3-5-32(27)47-38(29)39(52(22)16-34(45)46)37-30(43)11-26(12-31(37)44)51-20-42(21-51)18-49(19-42)17-36(55)50-13-23-9-25-15-53(33-6-7-35(54)48-40(33)56)41(57)28(25)10-24(23)14-50/h2-5,9-12,22,33-34,39,47H,6-8,13-21H2,1H3,(H,48,54,56)/t22-,33?,39-/m1/s1. The molecule has 7 heterocycles. The lowest BCUT2D eigenvalue weighted by Gasteiger charge is -2.61. The molecule has 15 heteroatoms. The number of anilines is 1. The molecule has 4 aromatic rings. The van der Waals surface area contributed by atoms with Crippen molar-refractivity contribution in [3.05, 3.63) is 99.2 Å². The number of fused-ring (bicyclic) bond motifs is 5. The molecule has 57 heavy (non-hydrogen) atoms. The summed E-state index contributed by atoms with van der Waals surface area (Å²) in [7, 11) is 0. The Hall–Kier alpha value is -5.28. The van der Waals surface area contributed by atoms with E-state index in [-0.39, 0.29) is 54.3 Å². The third-order valence-corrected chi connectivity index (χ3v) is 13.0. The van der Waals surface area contributed by atoms with Crippen molar-refractivity contribution in [2.75, 3.05) is 44.2 Å². The van der Waals surface area contributed by atoms with E-state index in [9.17, 15) is 28.0 Å². The van der Waals surface area contributed by atoms with Crippen molar-refractivity contribution >= 4 is 40.2 Å². The van der Waals surface area contributed by atoms with Crippen LogP contribution >= 0.6 is 0 Å². The number of nitrogens with one attached hydrogen (secondary N) is 2. The Morgan fingerprint density at radius 1 is 0.930 bits per heavy atom. The monoisotopic (exact) mass is 783 g/mol. The van der Waals surface area contributed by atoms with E-state index in [2.05, 4.69) is 15.2 Å². The molecule has 3 atom stereocenters. The number of aromatic amines is 1. The van der Waals surface area contributed by atoms with E-state index in [1.807, 2.05) is 48.2 Å². The number of hydrogen-bond acceptors (Lipinski definition) is 7. The van der Waals surface area contributed by atoms with E-state index < -0.39 is 42.6 Å². The second-order valence-electron chi connectivity index (χ2n) is 16.9. The summed E-state index contributed by atoms with van der Waals surface area (Å²) >= 11 is 0. The van der Waals surface area contributed by atoms with Crippen molar-refractivity contribution in [3.8, 4) is 0 Å². The zero-order valence-electron chi connectivity index (χ0n) is 31.3. The summed E-state index contributed by atoms with van der Waals surface area (Å²) in [5.41, 5.74) is 5.52. The minimum Gasteiger partial charge on any atom is -0.370 e. The SMILES string of the molecule is C[C@@H]1Cc2c([nH]c3ccccc23)[C@@H](c2c(F)cc(N3CC4(CN(CC(=O)N5Cc6cc7c(cc6C5)C(=O)N(C5CCC(=O)NC5=O)C7)C4)C3)cc2F)N1CC(F)F. The van der Waals surface area contributed by atoms with E-state index in [1.165, 1.54) is 21.9 Å². The van der Waals surface area contributed by atoms with Crippen LogP contribution in [0.1, 0.15) is 69.7 Å². The largest absolute Gasteiger partial charge is 0.370 e. The average molecular weight is 784 g/mol. The number of carbonyl (C=O) groups is 4. The molecule has 2 N–H and O–H groups in total. The number of carbonyl (C=O) groups excluding carboxylic acids is 4. The normalized spacial score (nSPS) is 24.2. The number of para-hydroxylation sites is 1. The molecule has 1 spiro atoms. The molecule has 10 rings (SSSR count). The van der Waals surface area contributed by atoms with Crippen LogP contribution in [0.5, 0.6) is 0 Å². The lowest BCUT2D eigenvalue weighted by atomic mass is 9.72. The summed E-state index contributed by atoms with van der Waals surface area (Å²) in [6.07, 6.45) is -1.71. The summed E-state index contributed by atoms with van der Waals surface area (Å²) < 4.78 is 60.1. The molecule has 6 aliphatic rings. The molecule has 1 unspecified atom stereocenters. The van der Waals surface area contributed by atoms with Gasteiger partial charge in [-0.25, -0.2) is 17.6 Å². The van der Waals surface area contributed by atoms with Gasteiger partial charge in [0.1, 0.15) is 17.7 Å². The molecule has 3 aromatic carbocycles. The van der Waals surface area contributed by atoms with Gasteiger partial charge in [0.05, 0.1) is 19.1 Å². The maximum absolute atomic E-state index is 16.2. The molecule has 4 amide bonds. The molecule has 6 aliphatic heterocycles. The van der Waals surface area contributed by atoms with Crippen LogP contribution in [0.25, 0.3) is 10.9 Å². The fourth-order valence-corrected chi connectivity index (χ4v) is 10.4. The Kier molecular flexibility index (Phi) is 8.31. The van der Waals surface area contributed by atoms with Gasteiger partial charge in [-0.1, -0.05) is 24.3 Å². The van der Waals surface area contributed by atoms with Gasteiger partial charge in [0.2, 0.25) is 17.7 Å². The Balaban J connectivity index is 0.770. The molecule has 3 fully saturated rings. The highest BCUT2D eigenvalue weighted by Gasteiger charge is 2.52. The predicted molar refractivity (Wildman–Crippen MR) is 200 cm³/mol. The lowest BCUT2D eigenvalue weighted by Crippen LogP contribution is -2.72. The highest BCUT2D eigenvalue weighted by atomic mass is 19.3. The van der Waals surface area contributed by atoms with Crippen LogP contribution in [0.4, 0.5) is 23.2 Å². The third-order valence-electron chi connectivity index (χ3n) is 13.0. The third kappa shape index (κ3) is 5.91. The van der Waals surface area contributed by atoms with Gasteiger partial charge in [-0.15, -0.1) is 0 Å². The number of halogens is 4. The number of likely N-dealkylation sites (tertiary alicyclic amines) is 1. The molecule has 0 radical (unpaired) electrons. The van der Waals surface area contributed by atoms with E-state index >= 15 is 8.78 Å². The van der Waals surface area contributed by atoms with Crippen LogP contribution in [0, 0.1) is 17.0 Å². The van der Waals surface area contributed by atoms with E-state index in [0.29, 0.717) is 69.1 Å². The van der Waals surface area contributed by atoms with Crippen LogP contribution in [0.2, 0.25) is 0 Å². The van der Waals surface area contributed by atoms with E-state index in [1.54, 1.807) is 4.90 Å². The van der Waals surface area contributed by atoms with Gasteiger partial charge in [-0.05, 0) is 66.3 Å². The first-order chi connectivity index (χ1) is 27.3. The van der Waals surface area contributed by atoms with Crippen LogP contribution < -0.4 is 10.2 Å². The highest BCUT2D eigenvalue weighted by Crippen LogP contribution is 2.46. The fraction of sp³-hybridized carbons (Fsp3) is 0.429. The Morgan fingerprint density at radius 3 is 2.37 bits per heavy atom. The Bertz CT molecular complexity index is 2360. The van der Waals surface area contributed by atoms with Crippen molar-refractivity contribution in [1.29, 1.82) is 0 Å². The number of imide groups is 1. The maximum atomic E-state index is 16.2. The van der Waals surface area contributed by atoms with Crippen molar-refractivity contribution < 1.29 is 36.7 Å². The summed E-state index contributed by atoms with van der Waals surface area (Å²) in [5.74, 6) is -2.60. The quantitative estimate of drug-likeness (QED) is 0.210. The lowest BCUT2D eigenvalue weighted by molar-refractivity contribution is -0.138. The first kappa shape index (κ1) is 36.1. The van der Waals surface area contributed by atoms with Gasteiger partial charge in [-0.2, -0.15) is 0 Å². The molecule has 0 bridgehead atoms. The Labute approximate surface area is 325 Å². The summed E-state index contributed by atoms with van der Waals surface area (Å²) in [4.78, 5) is 62.8. The summed E-state index contributed by atoms with van der Waals surface area (Å²) in [5, 5.41) is 3.25. The number of alkyl halides is 2. The second-order valence-corrected chi connectivity index (χ2v) is 16.9. The smallest absolute Gasteiger partial charge is 0.255 e. The highest BCUT2D eigenvalue weighted by molar-refractivity contribution is 6.05. The maximum Gasteiger partial charge on any atom is 0.255 e. The second kappa shape index (κ2) is 13.1. The van der Waals surface area contributed by atoms with Crippen LogP contribution in [-0.2, 0) is 40.4 Å². The zero-order chi connectivity index (χ0) is 39.5. The molecule has 3 saturated heterocycles. The number of piperidine rings is 1. The minimum absolute atomic E-state index is 0.0235. The molecule has 1 aromatic heterocycles. The zero-order valence-corrected chi connectivity index (χ0v) is 31.3. The van der Waals surface area contributed by atoms with Crippen LogP contribution in [0.15, 0.2) is 48.5 Å². The van der Waals surface area contributed by atoms with E-state index in [0.717, 1.165) is 33.2 Å². The molecule has 0 aliphatic carbocycles. The molecule has 0 saturated carbocycles. The topological polar surface area (TPSA) is 112 Å². The van der Waals surface area contributed by atoms with Gasteiger partial charge in [0.25, 0.3) is 12.3 Å². The van der Waals surface area contributed by atoms with Crippen LogP contribution in [-0.4, -0.2) is 106 Å². The fourth-order valence-electron chi connectivity index (χ4n) is 10.4. The number of aromatic nitrogens is 1. The molecular weight excluding hydrogens is 742 g/mol. The number of nitrogens with zero attached hydrogens (tertiary/aromatic N) is 5. The number of rotatable bonds is 7. The number of benzene rings is 3. The van der Waals surface area contributed by atoms with E-state index in [4.69, 9.17) is 0 Å². The van der Waals surface area contributed by atoms with Crippen LogP contribution in [0.3, 0.4) is 0 Å². The Morgan fingerprint density at radius 2 is 1.65 bits per heavy atom. The number of hydrogen-bond donors (Lipinski definition) is 2. The van der Waals surface area contributed by atoms with Crippen molar-refractivity contribution in [1.82, 2.24) is 29.9 Å². The van der Waals surface area contributed by atoms with Gasteiger partial charge in [-0.3, -0.25) is 34.3 Å². The van der Waals surface area contributed by atoms with Crippen molar-refractivity contribution in [3.63, 3.8) is 0 Å². The molecule has 296 valence electrons. The minimum atomic E-state index is -2.68. The number of H-pyrrole nitrogens is 1. The van der Waals surface area contributed by atoms with Gasteiger partial charge in [0.15, 0.2) is 0 Å². The average Bonchev–Trinajstić information content (AvgIpc) is 3.81. The summed E-state index contributed by atoms with van der Waals surface area (Å²) in [6.45, 7) is 5.02. The van der Waals surface area contributed by atoms with Crippen molar-refractivity contribution in [2.24, 2.45) is 5.41 Å². The number of amides is 4. The molecule has 11 nitrogen and oxygen atoms in total. The van der Waals surface area contributed by atoms with Gasteiger partial charge < -0.3 is 19.7 Å². The summed E-state index contributed by atoms with van der Waals surface area (Å²) in [6, 6.07) is 11.9. The first-order valence-corrected chi connectivity index (χ1v) is 19.5. The first-order valence-electron chi connectivity index (χ1n) is 19.5. The molecular formula is C42H41F4N7O4.